The van der Waals surface area contributed by atoms with Crippen LogP contribution in [0.15, 0.2) is 22.7 Å². The minimum atomic E-state index is -2.06. The second-order valence-corrected chi connectivity index (χ2v) is 8.51. The lowest BCUT2D eigenvalue weighted by Gasteiger charge is -2.27. The van der Waals surface area contributed by atoms with Crippen molar-refractivity contribution in [2.24, 2.45) is 0 Å². The molecule has 1 atom stereocenters. The van der Waals surface area contributed by atoms with E-state index in [1.54, 1.807) is 20.8 Å². The Bertz CT molecular complexity index is 719. The SMILES string of the molecule is CC(C)(C)OC(=O)N1CCC(F)(C(=O)N2CCc3cc(Br)ccc32)C1. The van der Waals surface area contributed by atoms with E-state index in [0.29, 0.717) is 13.0 Å². The fourth-order valence-electron chi connectivity index (χ4n) is 3.25. The second kappa shape index (κ2) is 6.27. The van der Waals surface area contributed by atoms with Crippen molar-refractivity contribution in [2.45, 2.75) is 44.9 Å². The van der Waals surface area contributed by atoms with Crippen LogP contribution in [0, 0.1) is 0 Å². The van der Waals surface area contributed by atoms with E-state index in [2.05, 4.69) is 15.9 Å². The molecule has 2 amide bonds. The van der Waals surface area contributed by atoms with Crippen molar-refractivity contribution in [2.75, 3.05) is 24.5 Å². The summed E-state index contributed by atoms with van der Waals surface area (Å²) in [5.74, 6) is -0.570. The molecule has 25 heavy (non-hydrogen) atoms. The van der Waals surface area contributed by atoms with Crippen LogP contribution in [0.25, 0.3) is 0 Å². The molecule has 0 aliphatic carbocycles. The molecular formula is C18H22BrFN2O3. The average molecular weight is 413 g/mol. The number of fused-ring (bicyclic) bond motifs is 1. The van der Waals surface area contributed by atoms with Crippen molar-refractivity contribution < 1.29 is 18.7 Å². The molecule has 2 aliphatic rings. The molecular weight excluding hydrogens is 391 g/mol. The summed E-state index contributed by atoms with van der Waals surface area (Å²) in [7, 11) is 0. The maximum atomic E-state index is 15.3. The van der Waals surface area contributed by atoms with E-state index in [4.69, 9.17) is 4.74 Å². The van der Waals surface area contributed by atoms with Gasteiger partial charge in [-0.05, 0) is 51.0 Å². The predicted octanol–water partition coefficient (Wildman–Crippen LogP) is 3.69. The van der Waals surface area contributed by atoms with Crippen LogP contribution in [0.3, 0.4) is 0 Å². The van der Waals surface area contributed by atoms with Gasteiger partial charge in [-0.25, -0.2) is 9.18 Å². The number of ether oxygens (including phenoxy) is 1. The zero-order chi connectivity index (χ0) is 18.4. The summed E-state index contributed by atoms with van der Waals surface area (Å²) in [6.07, 6.45) is 0.116. The summed E-state index contributed by atoms with van der Waals surface area (Å²) >= 11 is 3.41. The number of halogens is 2. The molecule has 0 radical (unpaired) electrons. The van der Waals surface area contributed by atoms with Crippen LogP contribution in [-0.4, -0.2) is 47.8 Å². The van der Waals surface area contributed by atoms with Gasteiger partial charge in [0.05, 0.1) is 6.54 Å². The molecule has 1 aromatic carbocycles. The lowest BCUT2D eigenvalue weighted by Crippen LogP contribution is -2.48. The second-order valence-electron chi connectivity index (χ2n) is 7.60. The van der Waals surface area contributed by atoms with Crippen LogP contribution < -0.4 is 4.90 Å². The standard InChI is InChI=1S/C18H22BrFN2O3/c1-17(2,3)25-16(24)21-9-7-18(20,11-21)15(23)22-8-6-12-10-13(19)4-5-14(12)22/h4-5,10H,6-9,11H2,1-3H3. The largest absolute Gasteiger partial charge is 0.444 e. The third-order valence-electron chi connectivity index (χ3n) is 4.44. The molecule has 0 N–H and O–H groups in total. The van der Waals surface area contributed by atoms with Crippen molar-refractivity contribution in [1.82, 2.24) is 4.90 Å². The van der Waals surface area contributed by atoms with Crippen molar-refractivity contribution in [3.63, 3.8) is 0 Å². The number of amides is 2. The number of alkyl halides is 1. The minimum absolute atomic E-state index is 0.00651. The first-order chi connectivity index (χ1) is 11.6. The topological polar surface area (TPSA) is 49.9 Å². The summed E-state index contributed by atoms with van der Waals surface area (Å²) < 4.78 is 21.5. The molecule has 0 saturated carbocycles. The van der Waals surface area contributed by atoms with E-state index in [-0.39, 0.29) is 19.5 Å². The number of nitrogens with zero attached hydrogens (tertiary/aromatic N) is 2. The van der Waals surface area contributed by atoms with Crippen LogP contribution in [0.4, 0.5) is 14.9 Å². The molecule has 1 fully saturated rings. The van der Waals surface area contributed by atoms with Gasteiger partial charge in [-0.2, -0.15) is 0 Å². The molecule has 0 bridgehead atoms. The van der Waals surface area contributed by atoms with Crippen molar-refractivity contribution in [3.05, 3.63) is 28.2 Å². The van der Waals surface area contributed by atoms with Gasteiger partial charge in [0, 0.05) is 29.7 Å². The number of anilines is 1. The van der Waals surface area contributed by atoms with Gasteiger partial charge >= 0.3 is 6.09 Å². The summed E-state index contributed by atoms with van der Waals surface area (Å²) in [6, 6.07) is 5.63. The normalized spacial score (nSPS) is 22.9. The van der Waals surface area contributed by atoms with Gasteiger partial charge in [0.1, 0.15) is 5.60 Å². The number of carbonyl (C=O) groups excluding carboxylic acids is 2. The van der Waals surface area contributed by atoms with Gasteiger partial charge < -0.3 is 14.5 Å². The van der Waals surface area contributed by atoms with Gasteiger partial charge in [0.15, 0.2) is 0 Å². The van der Waals surface area contributed by atoms with E-state index >= 15 is 4.39 Å². The molecule has 0 aromatic heterocycles. The highest BCUT2D eigenvalue weighted by Crippen LogP contribution is 2.36. The number of benzene rings is 1. The monoisotopic (exact) mass is 412 g/mol. The van der Waals surface area contributed by atoms with Crippen LogP contribution in [0.5, 0.6) is 0 Å². The molecule has 136 valence electrons. The first-order valence-corrected chi connectivity index (χ1v) is 9.16. The van der Waals surface area contributed by atoms with E-state index in [0.717, 1.165) is 15.7 Å². The minimum Gasteiger partial charge on any atom is -0.444 e. The van der Waals surface area contributed by atoms with Crippen molar-refractivity contribution in [1.29, 1.82) is 0 Å². The number of rotatable bonds is 1. The van der Waals surface area contributed by atoms with Gasteiger partial charge in [-0.1, -0.05) is 15.9 Å². The first kappa shape index (κ1) is 18.2. The lowest BCUT2D eigenvalue weighted by atomic mass is 10.0. The molecule has 2 heterocycles. The van der Waals surface area contributed by atoms with Crippen LogP contribution >= 0.6 is 15.9 Å². The van der Waals surface area contributed by atoms with Gasteiger partial charge in [0.25, 0.3) is 5.91 Å². The fourth-order valence-corrected chi connectivity index (χ4v) is 3.66. The Kier molecular flexibility index (Phi) is 4.56. The molecule has 5 nitrogen and oxygen atoms in total. The van der Waals surface area contributed by atoms with E-state index in [9.17, 15) is 9.59 Å². The van der Waals surface area contributed by atoms with E-state index in [1.807, 2.05) is 18.2 Å². The highest BCUT2D eigenvalue weighted by atomic mass is 79.9. The third-order valence-corrected chi connectivity index (χ3v) is 4.93. The zero-order valence-electron chi connectivity index (χ0n) is 14.6. The molecule has 2 aliphatic heterocycles. The third kappa shape index (κ3) is 3.66. The quantitative estimate of drug-likeness (QED) is 0.706. The summed E-state index contributed by atoms with van der Waals surface area (Å²) in [5, 5.41) is 0. The molecule has 1 aromatic rings. The zero-order valence-corrected chi connectivity index (χ0v) is 16.2. The Hall–Kier alpha value is -1.63. The highest BCUT2D eigenvalue weighted by Gasteiger charge is 2.50. The first-order valence-electron chi connectivity index (χ1n) is 8.36. The van der Waals surface area contributed by atoms with Gasteiger partial charge in [-0.3, -0.25) is 4.79 Å². The van der Waals surface area contributed by atoms with E-state index in [1.165, 1.54) is 9.80 Å². The number of likely N-dealkylation sites (tertiary alicyclic amines) is 1. The number of carbonyl (C=O) groups is 2. The van der Waals surface area contributed by atoms with Crippen molar-refractivity contribution in [3.8, 4) is 0 Å². The Labute approximate surface area is 155 Å². The lowest BCUT2D eigenvalue weighted by molar-refractivity contribution is -0.129. The molecule has 0 spiro atoms. The molecule has 1 unspecified atom stereocenters. The maximum Gasteiger partial charge on any atom is 0.410 e. The van der Waals surface area contributed by atoms with Crippen LogP contribution in [-0.2, 0) is 16.0 Å². The summed E-state index contributed by atoms with van der Waals surface area (Å²) in [6.45, 7) is 5.65. The Morgan fingerprint density at radius 2 is 2.00 bits per heavy atom. The Morgan fingerprint density at radius 1 is 1.28 bits per heavy atom. The fraction of sp³-hybridized carbons (Fsp3) is 0.556. The predicted molar refractivity (Wildman–Crippen MR) is 96.5 cm³/mol. The number of hydrogen-bond acceptors (Lipinski definition) is 3. The number of hydrogen-bond donors (Lipinski definition) is 0. The average Bonchev–Trinajstić information content (AvgIpc) is 3.09. The summed E-state index contributed by atoms with van der Waals surface area (Å²) in [4.78, 5) is 27.7. The molecule has 3 rings (SSSR count). The van der Waals surface area contributed by atoms with Gasteiger partial charge in [0.2, 0.25) is 5.67 Å². The highest BCUT2D eigenvalue weighted by molar-refractivity contribution is 9.10. The molecule has 7 heteroatoms. The smallest absolute Gasteiger partial charge is 0.410 e. The van der Waals surface area contributed by atoms with Crippen LogP contribution in [0.1, 0.15) is 32.8 Å². The molecule has 1 saturated heterocycles. The Morgan fingerprint density at radius 3 is 2.68 bits per heavy atom. The van der Waals surface area contributed by atoms with Crippen LogP contribution in [0.2, 0.25) is 0 Å². The van der Waals surface area contributed by atoms with Crippen molar-refractivity contribution >= 4 is 33.6 Å². The van der Waals surface area contributed by atoms with E-state index < -0.39 is 23.3 Å². The summed E-state index contributed by atoms with van der Waals surface area (Å²) in [5.41, 5.74) is -0.940. The van der Waals surface area contributed by atoms with Gasteiger partial charge in [-0.15, -0.1) is 0 Å². The maximum absolute atomic E-state index is 15.3. The Balaban J connectivity index is 1.73.